The summed E-state index contributed by atoms with van der Waals surface area (Å²) in [6, 6.07) is 0. The van der Waals surface area contributed by atoms with Gasteiger partial charge >= 0.3 is 0 Å². The molecule has 0 unspecified atom stereocenters. The standard InChI is InChI=1S/C6H12O6.Ir/c7-1-3(9)5(11)6(12)4(10)2-8;/h3,5-9,11-12H,1-2H2;/t3-,5-,6-;/m1./s1. The molecule has 1 radical (unpaired) electrons. The summed E-state index contributed by atoms with van der Waals surface area (Å²) in [6.07, 6.45) is -5.22. The molecule has 0 bridgehead atoms. The summed E-state index contributed by atoms with van der Waals surface area (Å²) >= 11 is 0. The van der Waals surface area contributed by atoms with Gasteiger partial charge in [0.1, 0.15) is 24.9 Å². The van der Waals surface area contributed by atoms with Gasteiger partial charge in [0.15, 0.2) is 5.78 Å². The third-order valence-electron chi connectivity index (χ3n) is 1.39. The van der Waals surface area contributed by atoms with Crippen LogP contribution >= 0.6 is 0 Å². The van der Waals surface area contributed by atoms with Crippen molar-refractivity contribution in [2.45, 2.75) is 18.3 Å². The molecule has 0 saturated carbocycles. The van der Waals surface area contributed by atoms with E-state index in [2.05, 4.69) is 0 Å². The van der Waals surface area contributed by atoms with Crippen molar-refractivity contribution >= 4 is 5.78 Å². The third-order valence-corrected chi connectivity index (χ3v) is 1.39. The molecular formula is C6H12IrO6. The molecule has 81 valence electrons. The average molecular weight is 372 g/mol. The Bertz CT molecular complexity index is 152. The fourth-order valence-electron chi connectivity index (χ4n) is 0.602. The van der Waals surface area contributed by atoms with Gasteiger partial charge in [-0.1, -0.05) is 0 Å². The normalized spacial score (nSPS) is 17.0. The van der Waals surface area contributed by atoms with Crippen molar-refractivity contribution in [2.24, 2.45) is 0 Å². The number of rotatable bonds is 5. The molecule has 0 rings (SSSR count). The number of carbonyl (C=O) groups excluding carboxylic acids is 1. The van der Waals surface area contributed by atoms with Gasteiger partial charge in [-0.2, -0.15) is 0 Å². The first-order chi connectivity index (χ1) is 5.54. The number of carbonyl (C=O) groups is 1. The average Bonchev–Trinajstić information content (AvgIpc) is 2.12. The van der Waals surface area contributed by atoms with Crippen LogP contribution < -0.4 is 0 Å². The molecule has 13 heavy (non-hydrogen) atoms. The van der Waals surface area contributed by atoms with Crippen LogP contribution in [0.5, 0.6) is 0 Å². The van der Waals surface area contributed by atoms with Gasteiger partial charge in [-0.05, 0) is 0 Å². The second-order valence-corrected chi connectivity index (χ2v) is 2.31. The van der Waals surface area contributed by atoms with Gasteiger partial charge in [-0.3, -0.25) is 4.79 Å². The van der Waals surface area contributed by atoms with Crippen LogP contribution in [-0.2, 0) is 24.9 Å². The van der Waals surface area contributed by atoms with Gasteiger partial charge in [0.2, 0.25) is 0 Å². The van der Waals surface area contributed by atoms with Crippen LogP contribution in [0.1, 0.15) is 0 Å². The third kappa shape index (κ3) is 4.78. The number of hydrogen-bond donors (Lipinski definition) is 5. The van der Waals surface area contributed by atoms with Gasteiger partial charge in [0.25, 0.3) is 0 Å². The number of ketones is 1. The number of aliphatic hydroxyl groups excluding tert-OH is 5. The largest absolute Gasteiger partial charge is 0.394 e. The molecule has 6 nitrogen and oxygen atoms in total. The van der Waals surface area contributed by atoms with Gasteiger partial charge in [0.05, 0.1) is 6.61 Å². The van der Waals surface area contributed by atoms with Crippen molar-refractivity contribution in [3.05, 3.63) is 0 Å². The van der Waals surface area contributed by atoms with Crippen LogP contribution in [-0.4, -0.2) is 62.8 Å². The van der Waals surface area contributed by atoms with Crippen molar-refractivity contribution < 1.29 is 50.4 Å². The summed E-state index contributed by atoms with van der Waals surface area (Å²) in [6.45, 7) is -1.69. The van der Waals surface area contributed by atoms with Crippen molar-refractivity contribution in [1.82, 2.24) is 0 Å². The van der Waals surface area contributed by atoms with Crippen molar-refractivity contribution in [3.8, 4) is 0 Å². The summed E-state index contributed by atoms with van der Waals surface area (Å²) in [7, 11) is 0. The van der Waals surface area contributed by atoms with Gasteiger partial charge < -0.3 is 25.5 Å². The Balaban J connectivity index is 0. The Hall–Kier alpha value is 0.119. The first-order valence-electron chi connectivity index (χ1n) is 3.33. The van der Waals surface area contributed by atoms with Crippen molar-refractivity contribution in [2.75, 3.05) is 13.2 Å². The number of aliphatic hydroxyl groups is 5. The van der Waals surface area contributed by atoms with Gasteiger partial charge in [-0.15, -0.1) is 0 Å². The maximum atomic E-state index is 10.5. The monoisotopic (exact) mass is 373 g/mol. The van der Waals surface area contributed by atoms with Crippen LogP contribution in [0.2, 0.25) is 0 Å². The second-order valence-electron chi connectivity index (χ2n) is 2.31. The summed E-state index contributed by atoms with van der Waals surface area (Å²) in [5.74, 6) is -1.00. The summed E-state index contributed by atoms with van der Waals surface area (Å²) in [4.78, 5) is 10.5. The van der Waals surface area contributed by atoms with Gasteiger partial charge in [-0.25, -0.2) is 0 Å². The summed E-state index contributed by atoms with van der Waals surface area (Å²) < 4.78 is 0. The van der Waals surface area contributed by atoms with E-state index in [1.54, 1.807) is 0 Å². The molecule has 0 aromatic heterocycles. The molecule has 0 amide bonds. The van der Waals surface area contributed by atoms with Crippen LogP contribution in [0.4, 0.5) is 0 Å². The molecule has 0 heterocycles. The molecular weight excluding hydrogens is 360 g/mol. The minimum atomic E-state index is -1.86. The zero-order valence-corrected chi connectivity index (χ0v) is 9.02. The van der Waals surface area contributed by atoms with E-state index in [-0.39, 0.29) is 20.1 Å². The Morgan fingerprint density at radius 2 is 1.62 bits per heavy atom. The van der Waals surface area contributed by atoms with E-state index in [4.69, 9.17) is 25.5 Å². The van der Waals surface area contributed by atoms with Crippen LogP contribution in [0.15, 0.2) is 0 Å². The Morgan fingerprint density at radius 3 is 1.92 bits per heavy atom. The predicted octanol–water partition coefficient (Wildman–Crippen LogP) is -3.38. The Kier molecular flexibility index (Phi) is 9.01. The maximum Gasteiger partial charge on any atom is 0.189 e. The minimum absolute atomic E-state index is 0. The fraction of sp³-hybridized carbons (Fsp3) is 0.833. The zero-order valence-electron chi connectivity index (χ0n) is 6.62. The number of Topliss-reactive ketones (excluding diaryl/α,β-unsaturated/α-hetero) is 1. The SMILES string of the molecule is O=C(CO)[C@@H](O)[C@H](O)[C@H](O)CO.[Ir]. The van der Waals surface area contributed by atoms with Crippen LogP contribution in [0.25, 0.3) is 0 Å². The molecule has 5 N–H and O–H groups in total. The second kappa shape index (κ2) is 7.52. The first-order valence-corrected chi connectivity index (χ1v) is 3.33. The number of hydrogen-bond acceptors (Lipinski definition) is 6. The minimum Gasteiger partial charge on any atom is -0.394 e. The van der Waals surface area contributed by atoms with E-state index >= 15 is 0 Å². The molecule has 0 aliphatic carbocycles. The van der Waals surface area contributed by atoms with E-state index in [1.165, 1.54) is 0 Å². The van der Waals surface area contributed by atoms with E-state index < -0.39 is 37.3 Å². The predicted molar refractivity (Wildman–Crippen MR) is 37.2 cm³/mol. The van der Waals surface area contributed by atoms with E-state index in [0.717, 1.165) is 0 Å². The molecule has 0 aliphatic heterocycles. The summed E-state index contributed by atoms with van der Waals surface area (Å²) in [5.41, 5.74) is 0. The Labute approximate surface area is 88.2 Å². The molecule has 0 aromatic rings. The molecule has 0 fully saturated rings. The molecule has 0 aromatic carbocycles. The van der Waals surface area contributed by atoms with E-state index in [9.17, 15) is 4.79 Å². The Morgan fingerprint density at radius 1 is 1.15 bits per heavy atom. The quantitative estimate of drug-likeness (QED) is 0.344. The molecule has 0 aliphatic rings. The fourth-order valence-corrected chi connectivity index (χ4v) is 0.602. The van der Waals surface area contributed by atoms with Crippen molar-refractivity contribution in [1.29, 1.82) is 0 Å². The molecule has 7 heteroatoms. The smallest absolute Gasteiger partial charge is 0.189 e. The maximum absolute atomic E-state index is 10.5. The zero-order chi connectivity index (χ0) is 9.72. The van der Waals surface area contributed by atoms with Gasteiger partial charge in [0, 0.05) is 20.1 Å². The van der Waals surface area contributed by atoms with Crippen LogP contribution in [0, 0.1) is 0 Å². The van der Waals surface area contributed by atoms with Crippen LogP contribution in [0.3, 0.4) is 0 Å². The molecule has 3 atom stereocenters. The van der Waals surface area contributed by atoms with E-state index in [0.29, 0.717) is 0 Å². The molecule has 0 saturated heterocycles. The van der Waals surface area contributed by atoms with Crippen molar-refractivity contribution in [3.63, 3.8) is 0 Å². The van der Waals surface area contributed by atoms with E-state index in [1.807, 2.05) is 0 Å². The summed E-state index contributed by atoms with van der Waals surface area (Å²) in [5, 5.41) is 43.1. The first kappa shape index (κ1) is 15.6. The molecule has 0 spiro atoms. The topological polar surface area (TPSA) is 118 Å².